The first-order chi connectivity index (χ1) is 9.70. The monoisotopic (exact) mass is 280 g/mol. The highest BCUT2D eigenvalue weighted by atomic mass is 16.4. The van der Waals surface area contributed by atoms with Gasteiger partial charge in [0.15, 0.2) is 0 Å². The van der Waals surface area contributed by atoms with Crippen molar-refractivity contribution in [3.8, 4) is 0 Å². The second-order valence-corrected chi connectivity index (χ2v) is 7.09. The zero-order valence-electron chi connectivity index (χ0n) is 12.4. The van der Waals surface area contributed by atoms with Crippen LogP contribution >= 0.6 is 0 Å². The van der Waals surface area contributed by atoms with Gasteiger partial charge in [-0.1, -0.05) is 19.3 Å². The third-order valence-electron chi connectivity index (χ3n) is 5.23. The maximum atomic E-state index is 11.0. The molecule has 4 nitrogen and oxygen atoms in total. The Morgan fingerprint density at radius 1 is 1.05 bits per heavy atom. The lowest BCUT2D eigenvalue weighted by atomic mass is 9.83. The van der Waals surface area contributed by atoms with Gasteiger partial charge in [-0.25, -0.2) is 0 Å². The minimum absolute atomic E-state index is 0.233. The van der Waals surface area contributed by atoms with Gasteiger partial charge in [0.2, 0.25) is 0 Å². The Morgan fingerprint density at radius 2 is 1.75 bits per heavy atom. The Kier molecular flexibility index (Phi) is 4.61. The van der Waals surface area contributed by atoms with E-state index >= 15 is 0 Å². The average molecular weight is 280 g/mol. The minimum Gasteiger partial charge on any atom is -0.480 e. The Morgan fingerprint density at radius 3 is 2.35 bits per heavy atom. The predicted molar refractivity (Wildman–Crippen MR) is 78.8 cm³/mol. The number of hydrogen-bond donors (Lipinski definition) is 2. The van der Waals surface area contributed by atoms with E-state index in [-0.39, 0.29) is 6.54 Å². The Balaban J connectivity index is 1.40. The third-order valence-corrected chi connectivity index (χ3v) is 5.23. The van der Waals surface area contributed by atoms with Gasteiger partial charge in [0.1, 0.15) is 0 Å². The van der Waals surface area contributed by atoms with Crippen LogP contribution in [-0.2, 0) is 4.79 Å². The Labute approximate surface area is 121 Å². The van der Waals surface area contributed by atoms with E-state index in [2.05, 4.69) is 10.2 Å². The van der Waals surface area contributed by atoms with Gasteiger partial charge in [0.05, 0.1) is 6.54 Å². The van der Waals surface area contributed by atoms with E-state index in [4.69, 9.17) is 5.11 Å². The molecule has 0 saturated heterocycles. The summed E-state index contributed by atoms with van der Waals surface area (Å²) in [5.41, 5.74) is 0. The van der Waals surface area contributed by atoms with Crippen molar-refractivity contribution in [3.05, 3.63) is 0 Å². The molecule has 0 heterocycles. The molecule has 20 heavy (non-hydrogen) atoms. The zero-order valence-corrected chi connectivity index (χ0v) is 12.4. The molecule has 0 aromatic rings. The number of carbonyl (C=O) groups is 1. The van der Waals surface area contributed by atoms with Gasteiger partial charge in [-0.05, 0) is 44.4 Å². The average Bonchev–Trinajstić information content (AvgIpc) is 3.17. The molecular formula is C16H28N2O2. The van der Waals surface area contributed by atoms with Gasteiger partial charge in [-0.15, -0.1) is 0 Å². The zero-order chi connectivity index (χ0) is 13.9. The fraction of sp³-hybridized carbons (Fsp3) is 0.938. The Bertz CT molecular complexity index is 331. The van der Waals surface area contributed by atoms with Crippen LogP contribution < -0.4 is 5.32 Å². The van der Waals surface area contributed by atoms with Gasteiger partial charge in [0.25, 0.3) is 0 Å². The van der Waals surface area contributed by atoms with E-state index in [1.807, 2.05) is 0 Å². The van der Waals surface area contributed by atoms with Crippen molar-refractivity contribution in [1.29, 1.82) is 0 Å². The summed E-state index contributed by atoms with van der Waals surface area (Å²) < 4.78 is 0. The highest BCUT2D eigenvalue weighted by Crippen LogP contribution is 2.34. The maximum Gasteiger partial charge on any atom is 0.317 e. The number of nitrogens with zero attached hydrogens (tertiary/aromatic N) is 1. The quantitative estimate of drug-likeness (QED) is 0.751. The van der Waals surface area contributed by atoms with Crippen molar-refractivity contribution in [2.75, 3.05) is 13.1 Å². The van der Waals surface area contributed by atoms with Crippen molar-refractivity contribution in [2.45, 2.75) is 75.9 Å². The molecule has 0 spiro atoms. The molecule has 3 aliphatic carbocycles. The first-order valence-corrected chi connectivity index (χ1v) is 8.42. The topological polar surface area (TPSA) is 52.6 Å². The predicted octanol–water partition coefficient (Wildman–Crippen LogP) is 2.24. The van der Waals surface area contributed by atoms with Gasteiger partial charge >= 0.3 is 5.97 Å². The summed E-state index contributed by atoms with van der Waals surface area (Å²) in [6, 6.07) is 1.87. The van der Waals surface area contributed by atoms with E-state index in [1.54, 1.807) is 0 Å². The van der Waals surface area contributed by atoms with Gasteiger partial charge < -0.3 is 10.4 Å². The molecule has 3 rings (SSSR count). The lowest BCUT2D eigenvalue weighted by Gasteiger charge is -2.44. The molecule has 3 aliphatic rings. The first-order valence-electron chi connectivity index (χ1n) is 8.42. The summed E-state index contributed by atoms with van der Waals surface area (Å²) in [4.78, 5) is 13.2. The minimum atomic E-state index is -0.672. The smallest absolute Gasteiger partial charge is 0.317 e. The molecule has 0 unspecified atom stereocenters. The highest BCUT2D eigenvalue weighted by Gasteiger charge is 2.37. The second-order valence-electron chi connectivity index (χ2n) is 7.09. The number of carboxylic acid groups (broad SMARTS) is 1. The summed E-state index contributed by atoms with van der Waals surface area (Å²) in [6.07, 6.45) is 11.7. The van der Waals surface area contributed by atoms with Gasteiger partial charge in [-0.2, -0.15) is 0 Å². The van der Waals surface area contributed by atoms with E-state index in [9.17, 15) is 4.79 Å². The fourth-order valence-electron chi connectivity index (χ4n) is 3.77. The standard InChI is InChI=1S/C16H28N2O2/c19-16(20)11-18(10-12-6-7-12)15-8-14(9-15)17-13-4-2-1-3-5-13/h12-15,17H,1-11H2,(H,19,20). The van der Waals surface area contributed by atoms with Crippen LogP contribution in [0.25, 0.3) is 0 Å². The molecule has 2 N–H and O–H groups in total. The Hall–Kier alpha value is -0.610. The molecule has 4 heteroatoms. The first kappa shape index (κ1) is 14.3. The van der Waals surface area contributed by atoms with E-state index < -0.39 is 5.97 Å². The molecule has 0 aliphatic heterocycles. The molecule has 0 aromatic carbocycles. The molecule has 3 fully saturated rings. The summed E-state index contributed by atoms with van der Waals surface area (Å²) in [5.74, 6) is 0.106. The molecule has 0 atom stereocenters. The summed E-state index contributed by atoms with van der Waals surface area (Å²) in [6.45, 7) is 1.24. The summed E-state index contributed by atoms with van der Waals surface area (Å²) in [7, 11) is 0. The number of hydrogen-bond acceptors (Lipinski definition) is 3. The van der Waals surface area contributed by atoms with Crippen LogP contribution in [0.3, 0.4) is 0 Å². The van der Waals surface area contributed by atoms with Crippen LogP contribution in [0.2, 0.25) is 0 Å². The molecule has 0 bridgehead atoms. The lowest BCUT2D eigenvalue weighted by molar-refractivity contribution is -0.139. The number of nitrogens with one attached hydrogen (secondary N) is 1. The van der Waals surface area contributed by atoms with Crippen LogP contribution in [0.15, 0.2) is 0 Å². The normalized spacial score (nSPS) is 31.2. The fourth-order valence-corrected chi connectivity index (χ4v) is 3.77. The molecule has 114 valence electrons. The molecule has 3 saturated carbocycles. The lowest BCUT2D eigenvalue weighted by Crippen LogP contribution is -2.56. The molecule has 0 radical (unpaired) electrons. The van der Waals surface area contributed by atoms with Gasteiger partial charge in [-0.3, -0.25) is 9.69 Å². The highest BCUT2D eigenvalue weighted by molar-refractivity contribution is 5.69. The van der Waals surface area contributed by atoms with Crippen molar-refractivity contribution >= 4 is 5.97 Å². The van der Waals surface area contributed by atoms with Crippen molar-refractivity contribution in [1.82, 2.24) is 10.2 Å². The van der Waals surface area contributed by atoms with Crippen LogP contribution in [0.5, 0.6) is 0 Å². The van der Waals surface area contributed by atoms with Crippen molar-refractivity contribution in [3.63, 3.8) is 0 Å². The largest absolute Gasteiger partial charge is 0.480 e. The summed E-state index contributed by atoms with van der Waals surface area (Å²) >= 11 is 0. The van der Waals surface area contributed by atoms with E-state index in [1.165, 1.54) is 44.9 Å². The SMILES string of the molecule is O=C(O)CN(CC1CC1)C1CC(NC2CCCCC2)C1. The van der Waals surface area contributed by atoms with Crippen LogP contribution in [0, 0.1) is 5.92 Å². The van der Waals surface area contributed by atoms with Gasteiger partial charge in [0, 0.05) is 24.7 Å². The van der Waals surface area contributed by atoms with E-state index in [0.717, 1.165) is 31.3 Å². The number of aliphatic carboxylic acids is 1. The third kappa shape index (κ3) is 3.95. The van der Waals surface area contributed by atoms with Crippen LogP contribution in [0.4, 0.5) is 0 Å². The molecule has 0 amide bonds. The second kappa shape index (κ2) is 6.44. The number of rotatable bonds is 7. The van der Waals surface area contributed by atoms with Crippen LogP contribution in [-0.4, -0.2) is 47.2 Å². The summed E-state index contributed by atoms with van der Waals surface area (Å²) in [5, 5.41) is 12.8. The maximum absolute atomic E-state index is 11.0. The van der Waals surface area contributed by atoms with Crippen LogP contribution in [0.1, 0.15) is 57.8 Å². The molecule has 0 aromatic heterocycles. The van der Waals surface area contributed by atoms with E-state index in [0.29, 0.717) is 12.1 Å². The molecular weight excluding hydrogens is 252 g/mol. The van der Waals surface area contributed by atoms with Crippen molar-refractivity contribution in [2.24, 2.45) is 5.92 Å². The van der Waals surface area contributed by atoms with Crippen molar-refractivity contribution < 1.29 is 9.90 Å². The number of carboxylic acids is 1.